The van der Waals surface area contributed by atoms with Gasteiger partial charge in [-0.2, -0.15) is 0 Å². The van der Waals surface area contributed by atoms with E-state index in [0.717, 1.165) is 29.3 Å². The average molecular weight is 401 g/mol. The number of rotatable bonds is 3. The highest BCUT2D eigenvalue weighted by Crippen LogP contribution is 2.57. The van der Waals surface area contributed by atoms with Crippen molar-refractivity contribution in [2.45, 2.75) is 70.5 Å². The molecule has 0 saturated heterocycles. The van der Waals surface area contributed by atoms with Gasteiger partial charge in [0.1, 0.15) is 11.5 Å². The van der Waals surface area contributed by atoms with Gasteiger partial charge in [-0.3, -0.25) is 9.78 Å². The highest BCUT2D eigenvalue weighted by atomic mass is 19.1. The van der Waals surface area contributed by atoms with Gasteiger partial charge in [0.25, 0.3) is 0 Å². The van der Waals surface area contributed by atoms with E-state index in [1.165, 1.54) is 6.07 Å². The fourth-order valence-electron chi connectivity index (χ4n) is 5.48. The Bertz CT molecular complexity index is 922. The van der Waals surface area contributed by atoms with Crippen LogP contribution in [-0.2, 0) is 4.79 Å². The third kappa shape index (κ3) is 3.88. The van der Waals surface area contributed by atoms with Gasteiger partial charge in [-0.05, 0) is 94.0 Å². The molecular formula is C24H30F2N2O. The molecule has 0 spiro atoms. The maximum atomic E-state index is 15.8. The molecule has 1 heterocycles. The van der Waals surface area contributed by atoms with E-state index in [4.69, 9.17) is 0 Å². The molecule has 2 aromatic rings. The predicted octanol–water partition coefficient (Wildman–Crippen LogP) is 5.54. The summed E-state index contributed by atoms with van der Waals surface area (Å²) < 4.78 is 29.6. The molecule has 1 amide bonds. The van der Waals surface area contributed by atoms with Gasteiger partial charge in [0.2, 0.25) is 5.91 Å². The Labute approximate surface area is 171 Å². The molecule has 5 atom stereocenters. The number of alkyl halides is 1. The Balaban J connectivity index is 1.49. The summed E-state index contributed by atoms with van der Waals surface area (Å²) in [4.78, 5) is 16.9. The van der Waals surface area contributed by atoms with Crippen LogP contribution in [0.4, 0.5) is 8.78 Å². The SMILES string of the molecule is CC(C(=O)NC(C)(C)C)C1(F)C[C@H]2CC(c3ccnc4ccc(F)cc34)C[C@H]2C1. The van der Waals surface area contributed by atoms with Crippen LogP contribution in [-0.4, -0.2) is 22.1 Å². The van der Waals surface area contributed by atoms with E-state index in [0.29, 0.717) is 18.8 Å². The van der Waals surface area contributed by atoms with E-state index >= 15 is 4.39 Å². The quantitative estimate of drug-likeness (QED) is 0.735. The lowest BCUT2D eigenvalue weighted by Gasteiger charge is -2.31. The van der Waals surface area contributed by atoms with Crippen molar-refractivity contribution >= 4 is 16.8 Å². The Morgan fingerprint density at radius 1 is 1.21 bits per heavy atom. The van der Waals surface area contributed by atoms with Crippen molar-refractivity contribution in [1.82, 2.24) is 10.3 Å². The molecule has 0 bridgehead atoms. The molecule has 3 nitrogen and oxygen atoms in total. The van der Waals surface area contributed by atoms with Gasteiger partial charge < -0.3 is 5.32 Å². The van der Waals surface area contributed by atoms with Gasteiger partial charge in [-0.1, -0.05) is 6.92 Å². The monoisotopic (exact) mass is 400 g/mol. The molecule has 2 fully saturated rings. The molecule has 2 aliphatic carbocycles. The molecule has 1 aromatic heterocycles. The van der Waals surface area contributed by atoms with E-state index in [1.54, 1.807) is 25.3 Å². The molecule has 1 aromatic carbocycles. The van der Waals surface area contributed by atoms with E-state index in [-0.39, 0.29) is 29.1 Å². The van der Waals surface area contributed by atoms with E-state index in [2.05, 4.69) is 10.3 Å². The van der Waals surface area contributed by atoms with Crippen LogP contribution < -0.4 is 5.32 Å². The van der Waals surface area contributed by atoms with Crippen LogP contribution in [0.1, 0.15) is 64.9 Å². The zero-order valence-electron chi connectivity index (χ0n) is 17.6. The minimum absolute atomic E-state index is 0.202. The highest BCUT2D eigenvalue weighted by molar-refractivity contribution is 5.82. The summed E-state index contributed by atoms with van der Waals surface area (Å²) in [5.74, 6) is -0.279. The first-order valence-electron chi connectivity index (χ1n) is 10.6. The number of aromatic nitrogens is 1. The molecule has 0 aliphatic heterocycles. The largest absolute Gasteiger partial charge is 0.351 e. The molecule has 29 heavy (non-hydrogen) atoms. The summed E-state index contributed by atoms with van der Waals surface area (Å²) in [6.45, 7) is 7.47. The van der Waals surface area contributed by atoms with Crippen LogP contribution in [0, 0.1) is 23.6 Å². The first-order valence-corrected chi connectivity index (χ1v) is 10.6. The minimum atomic E-state index is -1.44. The van der Waals surface area contributed by atoms with Gasteiger partial charge in [0.05, 0.1) is 11.4 Å². The van der Waals surface area contributed by atoms with Gasteiger partial charge in [0, 0.05) is 17.1 Å². The number of pyridine rings is 1. The third-order valence-electron chi connectivity index (χ3n) is 6.89. The second kappa shape index (κ2) is 7.03. The Hall–Kier alpha value is -2.04. The lowest BCUT2D eigenvalue weighted by molar-refractivity contribution is -0.131. The summed E-state index contributed by atoms with van der Waals surface area (Å²) in [6.07, 6.45) is 4.43. The number of halogens is 2. The van der Waals surface area contributed by atoms with Crippen molar-refractivity contribution in [3.8, 4) is 0 Å². The van der Waals surface area contributed by atoms with Crippen molar-refractivity contribution in [3.05, 3.63) is 41.8 Å². The maximum absolute atomic E-state index is 15.8. The fourth-order valence-corrected chi connectivity index (χ4v) is 5.48. The first-order chi connectivity index (χ1) is 13.6. The summed E-state index contributed by atoms with van der Waals surface area (Å²) in [7, 11) is 0. The molecule has 156 valence electrons. The second-order valence-electron chi connectivity index (χ2n) is 10.2. The summed E-state index contributed by atoms with van der Waals surface area (Å²) in [5, 5.41) is 3.79. The van der Waals surface area contributed by atoms with Crippen LogP contribution in [0.15, 0.2) is 30.5 Å². The van der Waals surface area contributed by atoms with Crippen LogP contribution in [0.5, 0.6) is 0 Å². The molecule has 1 N–H and O–H groups in total. The minimum Gasteiger partial charge on any atom is -0.351 e. The van der Waals surface area contributed by atoms with Crippen LogP contribution in [0.3, 0.4) is 0 Å². The molecule has 4 rings (SSSR count). The molecular weight excluding hydrogens is 370 g/mol. The lowest BCUT2D eigenvalue weighted by Crippen LogP contribution is -2.48. The van der Waals surface area contributed by atoms with Crippen molar-refractivity contribution in [2.24, 2.45) is 17.8 Å². The highest BCUT2D eigenvalue weighted by Gasteiger charge is 2.54. The lowest BCUT2D eigenvalue weighted by atomic mass is 9.83. The number of amides is 1. The van der Waals surface area contributed by atoms with Gasteiger partial charge >= 0.3 is 0 Å². The maximum Gasteiger partial charge on any atom is 0.226 e. The summed E-state index contributed by atoms with van der Waals surface area (Å²) >= 11 is 0. The molecule has 5 heteroatoms. The Morgan fingerprint density at radius 2 is 1.86 bits per heavy atom. The third-order valence-corrected chi connectivity index (χ3v) is 6.89. The molecule has 0 radical (unpaired) electrons. The number of carbonyl (C=O) groups excluding carboxylic acids is 1. The number of hydrogen-bond donors (Lipinski definition) is 1. The first kappa shape index (κ1) is 20.2. The van der Waals surface area contributed by atoms with Crippen LogP contribution in [0.25, 0.3) is 10.9 Å². The number of benzene rings is 1. The Kier molecular flexibility index (Phi) is 4.91. The number of nitrogens with zero attached hydrogens (tertiary/aromatic N) is 1. The van der Waals surface area contributed by atoms with Crippen LogP contribution in [0.2, 0.25) is 0 Å². The van der Waals surface area contributed by atoms with Crippen molar-refractivity contribution in [1.29, 1.82) is 0 Å². The van der Waals surface area contributed by atoms with E-state index in [1.807, 2.05) is 26.8 Å². The standard InChI is InChI=1S/C24H30F2N2O/c1-14(22(29)28-23(2,3)4)24(26)12-16-9-15(10-17(16)13-24)19-7-8-27-21-6-5-18(25)11-20(19)21/h5-8,11,14-17H,9-10,12-13H2,1-4H3,(H,28,29)/t14?,15?,16-,17+,24?. The number of hydrogen-bond acceptors (Lipinski definition) is 2. The zero-order chi connectivity index (χ0) is 21.0. The predicted molar refractivity (Wildman–Crippen MR) is 111 cm³/mol. The average Bonchev–Trinajstić information content (AvgIpc) is 3.14. The smallest absolute Gasteiger partial charge is 0.226 e. The Morgan fingerprint density at radius 3 is 2.48 bits per heavy atom. The van der Waals surface area contributed by atoms with E-state index < -0.39 is 11.6 Å². The number of carbonyl (C=O) groups is 1. The van der Waals surface area contributed by atoms with Gasteiger partial charge in [-0.15, -0.1) is 0 Å². The zero-order valence-corrected chi connectivity index (χ0v) is 17.6. The second-order valence-corrected chi connectivity index (χ2v) is 10.2. The van der Waals surface area contributed by atoms with Gasteiger partial charge in [-0.25, -0.2) is 8.78 Å². The molecule has 3 unspecified atom stereocenters. The number of nitrogens with one attached hydrogen (secondary N) is 1. The summed E-state index contributed by atoms with van der Waals surface area (Å²) in [6, 6.07) is 6.69. The topological polar surface area (TPSA) is 42.0 Å². The van der Waals surface area contributed by atoms with Crippen molar-refractivity contribution in [2.75, 3.05) is 0 Å². The fraction of sp³-hybridized carbons (Fsp3) is 0.583. The van der Waals surface area contributed by atoms with Crippen molar-refractivity contribution < 1.29 is 13.6 Å². The summed E-state index contributed by atoms with van der Waals surface area (Å²) in [5.41, 5.74) is 0.112. The molecule has 2 aliphatic rings. The normalized spacial score (nSPS) is 30.3. The molecule has 2 saturated carbocycles. The van der Waals surface area contributed by atoms with Crippen molar-refractivity contribution in [3.63, 3.8) is 0 Å². The van der Waals surface area contributed by atoms with E-state index in [9.17, 15) is 9.18 Å². The van der Waals surface area contributed by atoms with Gasteiger partial charge in [0.15, 0.2) is 0 Å². The van der Waals surface area contributed by atoms with Crippen LogP contribution >= 0.6 is 0 Å². The number of fused-ring (bicyclic) bond motifs is 2.